The average molecular weight is 305 g/mol. The zero-order valence-electron chi connectivity index (χ0n) is 15.7. The molecule has 22 heavy (non-hydrogen) atoms. The van der Waals surface area contributed by atoms with Crippen LogP contribution in [0.3, 0.4) is 0 Å². The van der Waals surface area contributed by atoms with Crippen molar-refractivity contribution in [2.24, 2.45) is 47.3 Å². The van der Waals surface area contributed by atoms with E-state index in [2.05, 4.69) is 27.7 Å². The molecule has 0 aromatic carbocycles. The first kappa shape index (κ1) is 16.8. The SMILES string of the molecule is CC(C)CC1C2CCCCC2C(CC(C)C)C2CCCCC21. The summed E-state index contributed by atoms with van der Waals surface area (Å²) in [6, 6.07) is 0. The van der Waals surface area contributed by atoms with E-state index >= 15 is 0 Å². The minimum atomic E-state index is 0.900. The van der Waals surface area contributed by atoms with E-state index in [1.54, 1.807) is 25.7 Å². The minimum absolute atomic E-state index is 0.900. The maximum Gasteiger partial charge on any atom is -0.0349 e. The van der Waals surface area contributed by atoms with E-state index in [1.165, 1.54) is 38.5 Å². The highest BCUT2D eigenvalue weighted by Crippen LogP contribution is 2.58. The standard InChI is InChI=1S/C22H40/c1-15(2)13-21-17-9-5-7-11-19(17)22(14-16(3)4)20-12-8-6-10-18(20)21/h15-22H,5-14H2,1-4H3. The summed E-state index contributed by atoms with van der Waals surface area (Å²) in [5.41, 5.74) is 0. The molecule has 3 rings (SSSR count). The van der Waals surface area contributed by atoms with Crippen molar-refractivity contribution in [3.8, 4) is 0 Å². The van der Waals surface area contributed by atoms with Crippen LogP contribution in [0, 0.1) is 47.3 Å². The fourth-order valence-electron chi connectivity index (χ4n) is 6.93. The topological polar surface area (TPSA) is 0 Å². The van der Waals surface area contributed by atoms with Crippen molar-refractivity contribution in [1.29, 1.82) is 0 Å². The lowest BCUT2D eigenvalue weighted by molar-refractivity contribution is -0.0746. The second kappa shape index (κ2) is 7.27. The van der Waals surface area contributed by atoms with Crippen LogP contribution in [-0.2, 0) is 0 Å². The van der Waals surface area contributed by atoms with E-state index < -0.39 is 0 Å². The Balaban J connectivity index is 1.86. The molecule has 0 heteroatoms. The van der Waals surface area contributed by atoms with Gasteiger partial charge in [-0.05, 0) is 85.9 Å². The van der Waals surface area contributed by atoms with Crippen molar-refractivity contribution in [2.45, 2.75) is 91.9 Å². The van der Waals surface area contributed by atoms with Gasteiger partial charge in [0, 0.05) is 0 Å². The molecule has 0 N–H and O–H groups in total. The molecule has 0 spiro atoms. The summed E-state index contributed by atoms with van der Waals surface area (Å²) in [5.74, 6) is 8.35. The third-order valence-electron chi connectivity index (χ3n) is 7.44. The molecule has 0 radical (unpaired) electrons. The molecule has 3 fully saturated rings. The molecule has 4 unspecified atom stereocenters. The molecule has 0 amide bonds. The van der Waals surface area contributed by atoms with Gasteiger partial charge in [0.05, 0.1) is 0 Å². The van der Waals surface area contributed by atoms with Gasteiger partial charge < -0.3 is 0 Å². The number of hydrogen-bond acceptors (Lipinski definition) is 0. The van der Waals surface area contributed by atoms with E-state index in [4.69, 9.17) is 0 Å². The van der Waals surface area contributed by atoms with Crippen molar-refractivity contribution < 1.29 is 0 Å². The van der Waals surface area contributed by atoms with Gasteiger partial charge in [-0.2, -0.15) is 0 Å². The Morgan fingerprint density at radius 3 is 1.05 bits per heavy atom. The van der Waals surface area contributed by atoms with Gasteiger partial charge in [-0.3, -0.25) is 0 Å². The summed E-state index contributed by atoms with van der Waals surface area (Å²) in [5, 5.41) is 0. The zero-order chi connectivity index (χ0) is 15.7. The van der Waals surface area contributed by atoms with Gasteiger partial charge in [0.2, 0.25) is 0 Å². The first-order valence-corrected chi connectivity index (χ1v) is 10.6. The Kier molecular flexibility index (Phi) is 5.56. The van der Waals surface area contributed by atoms with Crippen LogP contribution in [-0.4, -0.2) is 0 Å². The average Bonchev–Trinajstić information content (AvgIpc) is 2.50. The highest BCUT2D eigenvalue weighted by Gasteiger charge is 2.50. The Bertz CT molecular complexity index is 284. The Labute approximate surface area is 139 Å². The van der Waals surface area contributed by atoms with Crippen molar-refractivity contribution in [2.75, 3.05) is 0 Å². The lowest BCUT2D eigenvalue weighted by Gasteiger charge is -2.56. The largest absolute Gasteiger partial charge is 0.0628 e. The normalized spacial score (nSPS) is 42.3. The van der Waals surface area contributed by atoms with Crippen LogP contribution in [0.2, 0.25) is 0 Å². The maximum absolute atomic E-state index is 2.47. The van der Waals surface area contributed by atoms with Crippen LogP contribution >= 0.6 is 0 Å². The van der Waals surface area contributed by atoms with E-state index in [9.17, 15) is 0 Å². The van der Waals surface area contributed by atoms with Crippen LogP contribution in [0.15, 0.2) is 0 Å². The highest BCUT2D eigenvalue weighted by atomic mass is 14.6. The molecule has 3 aliphatic carbocycles. The second-order valence-electron chi connectivity index (χ2n) is 9.81. The van der Waals surface area contributed by atoms with Gasteiger partial charge >= 0.3 is 0 Å². The van der Waals surface area contributed by atoms with Crippen LogP contribution in [0.5, 0.6) is 0 Å². The summed E-state index contributed by atoms with van der Waals surface area (Å²) < 4.78 is 0. The molecule has 0 heterocycles. The lowest BCUT2D eigenvalue weighted by atomic mass is 9.49. The highest BCUT2D eigenvalue weighted by molar-refractivity contribution is 4.99. The van der Waals surface area contributed by atoms with Crippen molar-refractivity contribution in [3.63, 3.8) is 0 Å². The number of rotatable bonds is 4. The molecule has 0 nitrogen and oxygen atoms in total. The van der Waals surface area contributed by atoms with Gasteiger partial charge in [0.15, 0.2) is 0 Å². The molecule has 0 aromatic rings. The molecule has 0 saturated heterocycles. The number of hydrogen-bond donors (Lipinski definition) is 0. The maximum atomic E-state index is 2.47. The quantitative estimate of drug-likeness (QED) is 0.528. The first-order valence-electron chi connectivity index (χ1n) is 10.6. The van der Waals surface area contributed by atoms with Crippen molar-refractivity contribution in [3.05, 3.63) is 0 Å². The van der Waals surface area contributed by atoms with Crippen molar-refractivity contribution >= 4 is 0 Å². The van der Waals surface area contributed by atoms with Gasteiger partial charge in [-0.1, -0.05) is 53.4 Å². The fourth-order valence-corrected chi connectivity index (χ4v) is 6.93. The molecule has 0 aliphatic heterocycles. The van der Waals surface area contributed by atoms with Gasteiger partial charge in [0.25, 0.3) is 0 Å². The van der Waals surface area contributed by atoms with E-state index in [-0.39, 0.29) is 0 Å². The molecule has 3 aliphatic rings. The third-order valence-corrected chi connectivity index (χ3v) is 7.44. The fraction of sp³-hybridized carbons (Fsp3) is 1.00. The molecule has 0 bridgehead atoms. The molecule has 0 aromatic heterocycles. The van der Waals surface area contributed by atoms with Crippen molar-refractivity contribution in [1.82, 2.24) is 0 Å². The first-order chi connectivity index (χ1) is 10.6. The zero-order valence-corrected chi connectivity index (χ0v) is 15.7. The van der Waals surface area contributed by atoms with Gasteiger partial charge in [-0.25, -0.2) is 0 Å². The van der Waals surface area contributed by atoms with Crippen LogP contribution in [0.4, 0.5) is 0 Å². The smallest absolute Gasteiger partial charge is 0.0349 e. The summed E-state index contributed by atoms with van der Waals surface area (Å²) in [6.07, 6.45) is 15.4. The third kappa shape index (κ3) is 3.41. The lowest BCUT2D eigenvalue weighted by Crippen LogP contribution is -2.49. The van der Waals surface area contributed by atoms with Crippen LogP contribution in [0.1, 0.15) is 91.9 Å². The monoisotopic (exact) mass is 304 g/mol. The van der Waals surface area contributed by atoms with E-state index in [0.717, 1.165) is 47.3 Å². The predicted molar refractivity (Wildman–Crippen MR) is 96.8 cm³/mol. The van der Waals surface area contributed by atoms with E-state index in [0.29, 0.717) is 0 Å². The Hall–Kier alpha value is 0. The molecular formula is C22H40. The van der Waals surface area contributed by atoms with Crippen LogP contribution in [0.25, 0.3) is 0 Å². The predicted octanol–water partition coefficient (Wildman–Crippen LogP) is 6.94. The Morgan fingerprint density at radius 1 is 0.545 bits per heavy atom. The minimum Gasteiger partial charge on any atom is -0.0628 e. The number of fused-ring (bicyclic) bond motifs is 2. The summed E-state index contributed by atoms with van der Waals surface area (Å²) in [6.45, 7) is 9.87. The summed E-state index contributed by atoms with van der Waals surface area (Å²) in [7, 11) is 0. The van der Waals surface area contributed by atoms with Gasteiger partial charge in [-0.15, -0.1) is 0 Å². The van der Waals surface area contributed by atoms with E-state index in [1.807, 2.05) is 0 Å². The second-order valence-corrected chi connectivity index (χ2v) is 9.81. The summed E-state index contributed by atoms with van der Waals surface area (Å²) in [4.78, 5) is 0. The molecule has 128 valence electrons. The van der Waals surface area contributed by atoms with Crippen LogP contribution < -0.4 is 0 Å². The Morgan fingerprint density at radius 2 is 0.818 bits per heavy atom. The molecule has 4 atom stereocenters. The van der Waals surface area contributed by atoms with Gasteiger partial charge in [0.1, 0.15) is 0 Å². The molecule has 3 saturated carbocycles. The summed E-state index contributed by atoms with van der Waals surface area (Å²) >= 11 is 0. The molecular weight excluding hydrogens is 264 g/mol.